The van der Waals surface area contributed by atoms with Crippen molar-refractivity contribution >= 4 is 5.91 Å². The Morgan fingerprint density at radius 2 is 1.90 bits per heavy atom. The number of amides is 1. The first kappa shape index (κ1) is 15.8. The van der Waals surface area contributed by atoms with Crippen LogP contribution in [0.3, 0.4) is 0 Å². The average molecular weight is 275 g/mol. The van der Waals surface area contributed by atoms with Gasteiger partial charge in [-0.1, -0.05) is 18.2 Å². The van der Waals surface area contributed by atoms with Crippen molar-refractivity contribution in [3.05, 3.63) is 49.6 Å². The number of nitrogens with zero attached hydrogens (tertiary/aromatic N) is 1. The molecule has 0 radical (unpaired) electrons. The molecule has 0 saturated carbocycles. The molecule has 0 aliphatic rings. The van der Waals surface area contributed by atoms with Crippen LogP contribution in [0.1, 0.15) is 6.92 Å². The van der Waals surface area contributed by atoms with Gasteiger partial charge in [0.1, 0.15) is 11.5 Å². The Kier molecular flexibility index (Phi) is 6.37. The van der Waals surface area contributed by atoms with Crippen LogP contribution in [-0.2, 0) is 4.79 Å². The predicted molar refractivity (Wildman–Crippen MR) is 80.1 cm³/mol. The van der Waals surface area contributed by atoms with E-state index in [0.29, 0.717) is 24.6 Å². The molecule has 108 valence electrons. The van der Waals surface area contributed by atoms with Gasteiger partial charge in [-0.05, 0) is 19.1 Å². The molecular weight excluding hydrogens is 254 g/mol. The molecule has 4 heteroatoms. The van der Waals surface area contributed by atoms with Crippen molar-refractivity contribution in [3.8, 4) is 11.5 Å². The molecule has 4 nitrogen and oxygen atoms in total. The lowest BCUT2D eigenvalue weighted by molar-refractivity contribution is -0.136. The zero-order valence-electron chi connectivity index (χ0n) is 12.0. The molecular formula is C16H21NO3. The fourth-order valence-corrected chi connectivity index (χ4v) is 1.75. The molecule has 0 saturated heterocycles. The number of methoxy groups -OCH3 is 1. The Hall–Kier alpha value is -2.23. The fraction of sp³-hybridized carbons (Fsp3) is 0.312. The predicted octanol–water partition coefficient (Wildman–Crippen LogP) is 2.66. The quantitative estimate of drug-likeness (QED) is 0.685. The minimum absolute atomic E-state index is 0.104. The van der Waals surface area contributed by atoms with E-state index in [2.05, 4.69) is 13.2 Å². The summed E-state index contributed by atoms with van der Waals surface area (Å²) in [6, 6.07) is 7.17. The molecule has 1 atom stereocenters. The summed E-state index contributed by atoms with van der Waals surface area (Å²) in [7, 11) is 1.59. The summed E-state index contributed by atoms with van der Waals surface area (Å²) >= 11 is 0. The molecule has 1 rings (SSSR count). The molecule has 1 amide bonds. The first-order valence-corrected chi connectivity index (χ1v) is 6.43. The third kappa shape index (κ3) is 4.46. The largest absolute Gasteiger partial charge is 0.497 e. The van der Waals surface area contributed by atoms with Crippen LogP contribution in [0.2, 0.25) is 0 Å². The van der Waals surface area contributed by atoms with Gasteiger partial charge < -0.3 is 14.4 Å². The normalized spacial score (nSPS) is 11.3. The van der Waals surface area contributed by atoms with Crippen molar-refractivity contribution in [2.75, 3.05) is 20.2 Å². The minimum Gasteiger partial charge on any atom is -0.497 e. The second-order valence-electron chi connectivity index (χ2n) is 4.26. The highest BCUT2D eigenvalue weighted by Crippen LogP contribution is 2.20. The molecule has 1 aromatic rings. The topological polar surface area (TPSA) is 38.8 Å². The lowest BCUT2D eigenvalue weighted by atomic mass is 10.3. The van der Waals surface area contributed by atoms with E-state index in [9.17, 15) is 4.79 Å². The Bertz CT molecular complexity index is 461. The average Bonchev–Trinajstić information content (AvgIpc) is 2.46. The monoisotopic (exact) mass is 275 g/mol. The van der Waals surface area contributed by atoms with E-state index in [-0.39, 0.29) is 5.91 Å². The lowest BCUT2D eigenvalue weighted by Crippen LogP contribution is -2.40. The van der Waals surface area contributed by atoms with Crippen LogP contribution < -0.4 is 9.47 Å². The maximum Gasteiger partial charge on any atom is 0.263 e. The van der Waals surface area contributed by atoms with Crippen molar-refractivity contribution in [2.24, 2.45) is 0 Å². The second-order valence-corrected chi connectivity index (χ2v) is 4.26. The summed E-state index contributed by atoms with van der Waals surface area (Å²) in [4.78, 5) is 13.9. The SMILES string of the molecule is C=CCN(CC=C)C(=O)C(C)Oc1cccc(OC)c1. The molecule has 0 fully saturated rings. The van der Waals surface area contributed by atoms with Crippen LogP contribution in [0.25, 0.3) is 0 Å². The van der Waals surface area contributed by atoms with E-state index >= 15 is 0 Å². The van der Waals surface area contributed by atoms with Gasteiger partial charge in [0.05, 0.1) is 7.11 Å². The van der Waals surface area contributed by atoms with Crippen molar-refractivity contribution in [3.63, 3.8) is 0 Å². The summed E-state index contributed by atoms with van der Waals surface area (Å²) in [6.07, 6.45) is 2.78. The van der Waals surface area contributed by atoms with Gasteiger partial charge in [0, 0.05) is 19.2 Å². The number of carbonyl (C=O) groups is 1. The molecule has 0 bridgehead atoms. The molecule has 20 heavy (non-hydrogen) atoms. The molecule has 1 aromatic carbocycles. The van der Waals surface area contributed by atoms with E-state index in [1.807, 2.05) is 12.1 Å². The van der Waals surface area contributed by atoms with Gasteiger partial charge in [-0.15, -0.1) is 13.2 Å². The number of hydrogen-bond acceptors (Lipinski definition) is 3. The Morgan fingerprint density at radius 1 is 1.30 bits per heavy atom. The third-order valence-electron chi connectivity index (χ3n) is 2.71. The number of carbonyl (C=O) groups excluding carboxylic acids is 1. The number of rotatable bonds is 8. The Labute approximate surface area is 120 Å². The molecule has 1 unspecified atom stereocenters. The van der Waals surface area contributed by atoms with E-state index < -0.39 is 6.10 Å². The zero-order valence-corrected chi connectivity index (χ0v) is 12.0. The number of benzene rings is 1. The highest BCUT2D eigenvalue weighted by molar-refractivity contribution is 5.81. The molecule has 0 spiro atoms. The first-order chi connectivity index (χ1) is 9.62. The summed E-state index contributed by atoms with van der Waals surface area (Å²) in [6.45, 7) is 9.95. The maximum atomic E-state index is 12.3. The van der Waals surface area contributed by atoms with Gasteiger partial charge in [-0.25, -0.2) is 0 Å². The summed E-state index contributed by atoms with van der Waals surface area (Å²) in [5.74, 6) is 1.19. The van der Waals surface area contributed by atoms with Gasteiger partial charge in [0.25, 0.3) is 5.91 Å². The van der Waals surface area contributed by atoms with Gasteiger partial charge in [-0.2, -0.15) is 0 Å². The van der Waals surface area contributed by atoms with Crippen molar-refractivity contribution in [2.45, 2.75) is 13.0 Å². The third-order valence-corrected chi connectivity index (χ3v) is 2.71. The van der Waals surface area contributed by atoms with Gasteiger partial charge in [-0.3, -0.25) is 4.79 Å². The molecule has 0 aromatic heterocycles. The molecule has 0 heterocycles. The van der Waals surface area contributed by atoms with Crippen LogP contribution in [0.15, 0.2) is 49.6 Å². The van der Waals surface area contributed by atoms with Crippen molar-refractivity contribution < 1.29 is 14.3 Å². The highest BCUT2D eigenvalue weighted by atomic mass is 16.5. The summed E-state index contributed by atoms with van der Waals surface area (Å²) < 4.78 is 10.8. The van der Waals surface area contributed by atoms with Gasteiger partial charge >= 0.3 is 0 Å². The summed E-state index contributed by atoms with van der Waals surface area (Å²) in [5, 5.41) is 0. The molecule has 0 aliphatic carbocycles. The smallest absolute Gasteiger partial charge is 0.263 e. The number of hydrogen-bond donors (Lipinski definition) is 0. The van der Waals surface area contributed by atoms with Crippen molar-refractivity contribution in [1.29, 1.82) is 0 Å². The van der Waals surface area contributed by atoms with Crippen molar-refractivity contribution in [1.82, 2.24) is 4.90 Å². The van der Waals surface area contributed by atoms with Crippen LogP contribution >= 0.6 is 0 Å². The lowest BCUT2D eigenvalue weighted by Gasteiger charge is -2.23. The van der Waals surface area contributed by atoms with Crippen LogP contribution in [-0.4, -0.2) is 37.1 Å². The van der Waals surface area contributed by atoms with E-state index in [4.69, 9.17) is 9.47 Å². The van der Waals surface area contributed by atoms with Crippen LogP contribution in [0, 0.1) is 0 Å². The first-order valence-electron chi connectivity index (χ1n) is 6.43. The Balaban J connectivity index is 2.72. The minimum atomic E-state index is -0.581. The van der Waals surface area contributed by atoms with E-state index in [0.717, 1.165) is 0 Å². The van der Waals surface area contributed by atoms with Crippen LogP contribution in [0.4, 0.5) is 0 Å². The standard InChI is InChI=1S/C16H21NO3/c1-5-10-17(11-6-2)16(18)13(3)20-15-9-7-8-14(12-15)19-4/h5-9,12-13H,1-2,10-11H2,3-4H3. The van der Waals surface area contributed by atoms with Gasteiger partial charge in [0.15, 0.2) is 6.10 Å². The van der Waals surface area contributed by atoms with E-state index in [1.54, 1.807) is 43.2 Å². The highest BCUT2D eigenvalue weighted by Gasteiger charge is 2.20. The zero-order chi connectivity index (χ0) is 15.0. The van der Waals surface area contributed by atoms with E-state index in [1.165, 1.54) is 0 Å². The second kappa shape index (κ2) is 8.04. The fourth-order valence-electron chi connectivity index (χ4n) is 1.75. The summed E-state index contributed by atoms with van der Waals surface area (Å²) in [5.41, 5.74) is 0. The van der Waals surface area contributed by atoms with Crippen LogP contribution in [0.5, 0.6) is 11.5 Å². The maximum absolute atomic E-state index is 12.3. The van der Waals surface area contributed by atoms with Gasteiger partial charge in [0.2, 0.25) is 0 Å². The molecule has 0 N–H and O–H groups in total. The Morgan fingerprint density at radius 3 is 2.45 bits per heavy atom. The molecule has 0 aliphatic heterocycles. The number of ether oxygens (including phenoxy) is 2.